The molecule has 0 aliphatic heterocycles. The fourth-order valence-corrected chi connectivity index (χ4v) is 1.22. The van der Waals surface area contributed by atoms with Crippen LogP contribution in [0, 0.1) is 6.92 Å². The number of rotatable bonds is 4. The van der Waals surface area contributed by atoms with Gasteiger partial charge >= 0.3 is 6.18 Å². The van der Waals surface area contributed by atoms with Crippen LogP contribution in [0.4, 0.5) is 13.2 Å². The Labute approximate surface area is 99.5 Å². The number of benzene rings is 1. The van der Waals surface area contributed by atoms with Gasteiger partial charge in [-0.2, -0.15) is 13.2 Å². The Kier molecular flexibility index (Phi) is 4.61. The first-order valence-corrected chi connectivity index (χ1v) is 5.21. The molecule has 90 valence electrons. The number of halogens is 4. The van der Waals surface area contributed by atoms with Gasteiger partial charge in [0, 0.05) is 4.47 Å². The summed E-state index contributed by atoms with van der Waals surface area (Å²) in [6, 6.07) is 5.11. The molecule has 2 nitrogen and oxygen atoms in total. The molecule has 0 spiro atoms. The van der Waals surface area contributed by atoms with Crippen molar-refractivity contribution in [2.75, 3.05) is 13.4 Å². The number of hydrogen-bond donors (Lipinski definition) is 0. The average molecular weight is 299 g/mol. The highest BCUT2D eigenvalue weighted by atomic mass is 79.9. The maximum atomic E-state index is 11.7. The Morgan fingerprint density at radius 1 is 1.31 bits per heavy atom. The van der Waals surface area contributed by atoms with Gasteiger partial charge in [-0.05, 0) is 30.7 Å². The molecule has 0 amide bonds. The lowest BCUT2D eigenvalue weighted by atomic mass is 10.2. The highest BCUT2D eigenvalue weighted by Crippen LogP contribution is 2.21. The predicted octanol–water partition coefficient (Wildman–Crippen LogP) is 3.67. The highest BCUT2D eigenvalue weighted by molar-refractivity contribution is 9.10. The van der Waals surface area contributed by atoms with Crippen LogP contribution >= 0.6 is 15.9 Å². The summed E-state index contributed by atoms with van der Waals surface area (Å²) < 4.78 is 45.4. The predicted molar refractivity (Wildman–Crippen MR) is 56.4 cm³/mol. The van der Waals surface area contributed by atoms with E-state index < -0.39 is 19.6 Å². The van der Waals surface area contributed by atoms with Gasteiger partial charge in [0.1, 0.15) is 12.4 Å². The second-order valence-electron chi connectivity index (χ2n) is 3.14. The van der Waals surface area contributed by atoms with Crippen molar-refractivity contribution >= 4 is 15.9 Å². The Balaban J connectivity index is 2.35. The number of hydrogen-bond acceptors (Lipinski definition) is 2. The smallest absolute Gasteiger partial charge is 0.411 e. The molecule has 0 unspecified atom stereocenters. The van der Waals surface area contributed by atoms with Gasteiger partial charge < -0.3 is 9.47 Å². The van der Waals surface area contributed by atoms with Crippen molar-refractivity contribution in [1.29, 1.82) is 0 Å². The summed E-state index contributed by atoms with van der Waals surface area (Å²) in [4.78, 5) is 0. The molecule has 0 bridgehead atoms. The van der Waals surface area contributed by atoms with Crippen LogP contribution in [0.1, 0.15) is 5.56 Å². The van der Waals surface area contributed by atoms with Crippen LogP contribution in [-0.2, 0) is 4.74 Å². The Hall–Kier alpha value is -0.750. The minimum absolute atomic E-state index is 0.416. The molecule has 0 atom stereocenters. The number of alkyl halides is 3. The van der Waals surface area contributed by atoms with Crippen LogP contribution < -0.4 is 4.74 Å². The molecule has 1 aromatic carbocycles. The van der Waals surface area contributed by atoms with Crippen molar-refractivity contribution < 1.29 is 22.6 Å². The van der Waals surface area contributed by atoms with E-state index >= 15 is 0 Å². The first-order chi connectivity index (χ1) is 7.38. The molecule has 0 aliphatic carbocycles. The van der Waals surface area contributed by atoms with Crippen LogP contribution in [0.25, 0.3) is 0 Å². The van der Waals surface area contributed by atoms with E-state index in [1.807, 2.05) is 6.92 Å². The van der Waals surface area contributed by atoms with Gasteiger partial charge in [0.2, 0.25) is 0 Å². The van der Waals surface area contributed by atoms with E-state index in [-0.39, 0.29) is 0 Å². The molecule has 0 radical (unpaired) electrons. The molecule has 0 aromatic heterocycles. The van der Waals surface area contributed by atoms with Gasteiger partial charge in [-0.15, -0.1) is 0 Å². The van der Waals surface area contributed by atoms with Gasteiger partial charge in [0.05, 0.1) is 0 Å². The maximum absolute atomic E-state index is 11.7. The zero-order chi connectivity index (χ0) is 12.2. The topological polar surface area (TPSA) is 18.5 Å². The summed E-state index contributed by atoms with van der Waals surface area (Å²) in [5.41, 5.74) is 0.938. The van der Waals surface area contributed by atoms with Crippen molar-refractivity contribution in [3.8, 4) is 5.75 Å². The molecular formula is C10H10BrF3O2. The van der Waals surface area contributed by atoms with E-state index in [0.29, 0.717) is 5.75 Å². The standard InChI is InChI=1S/C10H10BrF3O2/c1-7-4-8(2-3-9(7)11)16-6-15-5-10(12,13)14/h2-4H,5-6H2,1H3. The molecule has 1 rings (SSSR count). The van der Waals surface area contributed by atoms with Crippen molar-refractivity contribution in [1.82, 2.24) is 0 Å². The first kappa shape index (κ1) is 13.3. The van der Waals surface area contributed by atoms with Crippen molar-refractivity contribution in [3.63, 3.8) is 0 Å². The quantitative estimate of drug-likeness (QED) is 0.624. The summed E-state index contributed by atoms with van der Waals surface area (Å²) in [6.45, 7) is 0.136. The zero-order valence-electron chi connectivity index (χ0n) is 8.47. The van der Waals surface area contributed by atoms with Crippen LogP contribution in [0.5, 0.6) is 5.75 Å². The largest absolute Gasteiger partial charge is 0.468 e. The van der Waals surface area contributed by atoms with Gasteiger partial charge in [0.15, 0.2) is 6.79 Å². The fraction of sp³-hybridized carbons (Fsp3) is 0.400. The monoisotopic (exact) mass is 298 g/mol. The van der Waals surface area contributed by atoms with E-state index in [1.54, 1.807) is 18.2 Å². The molecule has 0 saturated heterocycles. The number of aryl methyl sites for hydroxylation is 1. The lowest BCUT2D eigenvalue weighted by Gasteiger charge is -2.10. The molecule has 0 heterocycles. The fourth-order valence-electron chi connectivity index (χ4n) is 0.974. The van der Waals surface area contributed by atoms with E-state index in [9.17, 15) is 13.2 Å². The molecule has 16 heavy (non-hydrogen) atoms. The Bertz CT molecular complexity index is 352. The average Bonchev–Trinajstić information content (AvgIpc) is 2.17. The SMILES string of the molecule is Cc1cc(OCOCC(F)(F)F)ccc1Br. The summed E-state index contributed by atoms with van der Waals surface area (Å²) in [5.74, 6) is 0.475. The summed E-state index contributed by atoms with van der Waals surface area (Å²) in [5, 5.41) is 0. The zero-order valence-corrected chi connectivity index (χ0v) is 10.1. The van der Waals surface area contributed by atoms with Crippen molar-refractivity contribution in [2.24, 2.45) is 0 Å². The molecule has 0 aliphatic rings. The van der Waals surface area contributed by atoms with Crippen LogP contribution in [0.3, 0.4) is 0 Å². The third-order valence-electron chi connectivity index (χ3n) is 1.70. The normalized spacial score (nSPS) is 11.6. The third-order valence-corrected chi connectivity index (χ3v) is 2.59. The van der Waals surface area contributed by atoms with Gasteiger partial charge in [-0.25, -0.2) is 0 Å². The molecule has 0 fully saturated rings. The summed E-state index contributed by atoms with van der Waals surface area (Å²) in [7, 11) is 0. The van der Waals surface area contributed by atoms with E-state index in [4.69, 9.17) is 4.74 Å². The van der Waals surface area contributed by atoms with Crippen LogP contribution in [-0.4, -0.2) is 19.6 Å². The second kappa shape index (κ2) is 5.54. The number of ether oxygens (including phenoxy) is 2. The second-order valence-corrected chi connectivity index (χ2v) is 3.99. The molecule has 6 heteroatoms. The highest BCUT2D eigenvalue weighted by Gasteiger charge is 2.27. The first-order valence-electron chi connectivity index (χ1n) is 4.42. The third kappa shape index (κ3) is 4.85. The van der Waals surface area contributed by atoms with Crippen LogP contribution in [0.2, 0.25) is 0 Å². The van der Waals surface area contributed by atoms with E-state index in [1.165, 1.54) is 0 Å². The van der Waals surface area contributed by atoms with Gasteiger partial charge in [0.25, 0.3) is 0 Å². The van der Waals surface area contributed by atoms with Crippen molar-refractivity contribution in [2.45, 2.75) is 13.1 Å². The van der Waals surface area contributed by atoms with E-state index in [2.05, 4.69) is 20.7 Å². The maximum Gasteiger partial charge on any atom is 0.411 e. The Morgan fingerprint density at radius 2 is 2.00 bits per heavy atom. The molecule has 1 aromatic rings. The molecule has 0 N–H and O–H groups in total. The lowest BCUT2D eigenvalue weighted by molar-refractivity contribution is -0.186. The van der Waals surface area contributed by atoms with Gasteiger partial charge in [-0.1, -0.05) is 15.9 Å². The van der Waals surface area contributed by atoms with Crippen LogP contribution in [0.15, 0.2) is 22.7 Å². The molecule has 0 saturated carbocycles. The lowest BCUT2D eigenvalue weighted by Crippen LogP contribution is -2.19. The summed E-state index contributed by atoms with van der Waals surface area (Å²) >= 11 is 3.30. The Morgan fingerprint density at radius 3 is 2.56 bits per heavy atom. The minimum atomic E-state index is -4.32. The van der Waals surface area contributed by atoms with Gasteiger partial charge in [-0.3, -0.25) is 0 Å². The van der Waals surface area contributed by atoms with Crippen molar-refractivity contribution in [3.05, 3.63) is 28.2 Å². The minimum Gasteiger partial charge on any atom is -0.468 e. The molecular weight excluding hydrogens is 289 g/mol. The van der Waals surface area contributed by atoms with E-state index in [0.717, 1.165) is 10.0 Å². The summed E-state index contributed by atoms with van der Waals surface area (Å²) in [6.07, 6.45) is -4.32.